The van der Waals surface area contributed by atoms with Crippen molar-refractivity contribution in [1.29, 1.82) is 0 Å². The second-order valence-electron chi connectivity index (χ2n) is 9.11. The molecule has 7 nitrogen and oxygen atoms in total. The van der Waals surface area contributed by atoms with E-state index in [1.165, 1.54) is 19.2 Å². The Balaban J connectivity index is 1.65. The number of allylic oxidation sites excluding steroid dienone is 2. The van der Waals surface area contributed by atoms with Crippen molar-refractivity contribution in [2.45, 2.75) is 39.5 Å². The fourth-order valence-corrected chi connectivity index (χ4v) is 5.14. The lowest BCUT2D eigenvalue weighted by Crippen LogP contribution is -2.19. The van der Waals surface area contributed by atoms with Gasteiger partial charge in [-0.05, 0) is 74.6 Å². The fraction of sp³-hybridized carbons (Fsp3) is 0.321. The number of benzene rings is 1. The summed E-state index contributed by atoms with van der Waals surface area (Å²) in [6.45, 7) is 3.80. The van der Waals surface area contributed by atoms with Gasteiger partial charge in [0.25, 0.3) is 0 Å². The van der Waals surface area contributed by atoms with Crippen molar-refractivity contribution in [3.63, 3.8) is 0 Å². The minimum Gasteiger partial charge on any atom is -0.496 e. The number of aryl methyl sites for hydroxylation is 2. The third-order valence-corrected chi connectivity index (χ3v) is 6.83. The Hall–Kier alpha value is -3.94. The van der Waals surface area contributed by atoms with Gasteiger partial charge in [-0.15, -0.1) is 0 Å². The van der Waals surface area contributed by atoms with E-state index in [9.17, 15) is 9.18 Å². The van der Waals surface area contributed by atoms with Gasteiger partial charge in [0.15, 0.2) is 0 Å². The minimum absolute atomic E-state index is 0.205. The van der Waals surface area contributed by atoms with Gasteiger partial charge in [-0.1, -0.05) is 11.2 Å². The Morgan fingerprint density at radius 2 is 2.06 bits per heavy atom. The number of pyridine rings is 1. The summed E-state index contributed by atoms with van der Waals surface area (Å²) in [5.74, 6) is 0.590. The van der Waals surface area contributed by atoms with E-state index < -0.39 is 0 Å². The zero-order valence-corrected chi connectivity index (χ0v) is 20.8. The highest BCUT2D eigenvalue weighted by Crippen LogP contribution is 2.36. The number of halogens is 1. The number of hydrogen-bond donors (Lipinski definition) is 0. The van der Waals surface area contributed by atoms with E-state index in [0.29, 0.717) is 24.2 Å². The molecule has 0 fully saturated rings. The van der Waals surface area contributed by atoms with Gasteiger partial charge in [0.2, 0.25) is 0 Å². The average Bonchev–Trinajstić information content (AvgIpc) is 3.41. The van der Waals surface area contributed by atoms with Gasteiger partial charge in [0, 0.05) is 23.7 Å². The third kappa shape index (κ3) is 4.27. The first-order chi connectivity index (χ1) is 17.4. The maximum Gasteiger partial charge on any atom is 0.309 e. The molecule has 1 aromatic carbocycles. The summed E-state index contributed by atoms with van der Waals surface area (Å²) in [4.78, 5) is 17.3. The van der Waals surface area contributed by atoms with Crippen LogP contribution in [0.5, 0.6) is 5.75 Å². The zero-order chi connectivity index (χ0) is 25.4. The summed E-state index contributed by atoms with van der Waals surface area (Å²) < 4.78 is 32.1. The van der Waals surface area contributed by atoms with E-state index >= 15 is 0 Å². The van der Waals surface area contributed by atoms with Crippen LogP contribution in [0.25, 0.3) is 22.3 Å². The van der Waals surface area contributed by atoms with Crippen LogP contribution in [-0.4, -0.2) is 34.7 Å². The number of nitrogens with zero attached hydrogens (tertiary/aromatic N) is 3. The van der Waals surface area contributed by atoms with Gasteiger partial charge >= 0.3 is 5.97 Å². The molecule has 1 aliphatic rings. The van der Waals surface area contributed by atoms with Crippen molar-refractivity contribution in [2.75, 3.05) is 14.2 Å². The molecule has 0 bridgehead atoms. The summed E-state index contributed by atoms with van der Waals surface area (Å²) in [6, 6.07) is 8.51. The fourth-order valence-electron chi connectivity index (χ4n) is 5.14. The van der Waals surface area contributed by atoms with Crippen LogP contribution in [0.15, 0.2) is 47.1 Å². The molecule has 1 unspecified atom stereocenters. The number of rotatable bonds is 6. The van der Waals surface area contributed by atoms with Crippen LogP contribution in [0.1, 0.15) is 47.7 Å². The topological polar surface area (TPSA) is 78.9 Å². The number of ether oxygens (including phenoxy) is 2. The van der Waals surface area contributed by atoms with E-state index in [-0.39, 0.29) is 17.7 Å². The molecular formula is C28H28FN3O4. The van der Waals surface area contributed by atoms with E-state index in [1.807, 2.05) is 36.6 Å². The van der Waals surface area contributed by atoms with Crippen molar-refractivity contribution in [2.24, 2.45) is 5.92 Å². The second kappa shape index (κ2) is 9.60. The molecule has 0 N–H and O–H groups in total. The summed E-state index contributed by atoms with van der Waals surface area (Å²) in [6.07, 6.45) is 6.59. The molecule has 0 spiro atoms. The Bertz CT molecular complexity index is 1460. The van der Waals surface area contributed by atoms with E-state index in [2.05, 4.69) is 11.2 Å². The molecule has 0 radical (unpaired) electrons. The highest BCUT2D eigenvalue weighted by atomic mass is 19.1. The number of imidazole rings is 1. The van der Waals surface area contributed by atoms with Gasteiger partial charge in [-0.3, -0.25) is 9.20 Å². The molecule has 0 saturated carbocycles. The molecule has 186 valence electrons. The molecule has 0 saturated heterocycles. The van der Waals surface area contributed by atoms with Gasteiger partial charge in [-0.25, -0.2) is 9.37 Å². The zero-order valence-electron chi connectivity index (χ0n) is 20.8. The molecule has 1 atom stereocenters. The number of carbonyl (C=O) groups is 1. The number of aromatic nitrogens is 3. The summed E-state index contributed by atoms with van der Waals surface area (Å²) in [7, 11) is 2.99. The first kappa shape index (κ1) is 23.8. The van der Waals surface area contributed by atoms with E-state index in [1.54, 1.807) is 13.2 Å². The first-order valence-corrected chi connectivity index (χ1v) is 11.9. The van der Waals surface area contributed by atoms with Gasteiger partial charge < -0.3 is 14.0 Å². The SMILES string of the molecule is COC(=O)C1CCC=C(c2c(Cc3cc(F)ccc3OC)nc3cc(-c4c(C)noc4C)ccn23)C1. The molecule has 36 heavy (non-hydrogen) atoms. The van der Waals surface area contributed by atoms with Gasteiger partial charge in [0.05, 0.1) is 37.2 Å². The Morgan fingerprint density at radius 1 is 1.22 bits per heavy atom. The smallest absolute Gasteiger partial charge is 0.309 e. The van der Waals surface area contributed by atoms with Crippen molar-refractivity contribution in [1.82, 2.24) is 14.5 Å². The minimum atomic E-state index is -0.334. The van der Waals surface area contributed by atoms with Crippen molar-refractivity contribution in [3.05, 3.63) is 76.8 Å². The predicted octanol–water partition coefficient (Wildman–Crippen LogP) is 5.70. The lowest BCUT2D eigenvalue weighted by molar-refractivity contribution is -0.145. The molecule has 8 heteroatoms. The molecule has 1 aliphatic carbocycles. The lowest BCUT2D eigenvalue weighted by atomic mass is 9.86. The number of hydrogen-bond acceptors (Lipinski definition) is 6. The van der Waals surface area contributed by atoms with Crippen molar-refractivity contribution >= 4 is 17.2 Å². The molecule has 0 amide bonds. The summed E-state index contributed by atoms with van der Waals surface area (Å²) in [5.41, 5.74) is 6.88. The molecule has 0 aliphatic heterocycles. The van der Waals surface area contributed by atoms with Crippen molar-refractivity contribution < 1.29 is 23.2 Å². The predicted molar refractivity (Wildman–Crippen MR) is 133 cm³/mol. The average molecular weight is 490 g/mol. The normalized spacial score (nSPS) is 15.7. The molecular weight excluding hydrogens is 461 g/mol. The van der Waals surface area contributed by atoms with Crippen LogP contribution < -0.4 is 4.74 Å². The van der Waals surface area contributed by atoms with E-state index in [4.69, 9.17) is 19.0 Å². The number of methoxy groups -OCH3 is 2. The van der Waals surface area contributed by atoms with Crippen LogP contribution >= 0.6 is 0 Å². The van der Waals surface area contributed by atoms with E-state index in [0.717, 1.165) is 58.0 Å². The summed E-state index contributed by atoms with van der Waals surface area (Å²) in [5, 5.41) is 4.08. The maximum atomic E-state index is 14.2. The number of carbonyl (C=O) groups excluding carboxylic acids is 1. The molecule has 3 aromatic heterocycles. The lowest BCUT2D eigenvalue weighted by Gasteiger charge is -2.21. The van der Waals surface area contributed by atoms with Gasteiger partial charge in [0.1, 0.15) is 23.0 Å². The number of fused-ring (bicyclic) bond motifs is 1. The van der Waals surface area contributed by atoms with Gasteiger partial charge in [-0.2, -0.15) is 0 Å². The Kier molecular flexibility index (Phi) is 6.35. The van der Waals surface area contributed by atoms with Crippen LogP contribution in [-0.2, 0) is 16.0 Å². The maximum absolute atomic E-state index is 14.2. The standard InChI is InChI=1S/C28H28FN3O4/c1-16-26(17(2)36-31-16)18-10-11-32-25(15-18)30-23(14-21-13-22(29)8-9-24(21)34-3)27(32)19-6-5-7-20(12-19)28(33)35-4/h6,8-11,13,15,20H,5,7,12,14H2,1-4H3. The van der Waals surface area contributed by atoms with Crippen LogP contribution in [0.4, 0.5) is 4.39 Å². The highest BCUT2D eigenvalue weighted by molar-refractivity contribution is 5.79. The number of esters is 1. The first-order valence-electron chi connectivity index (χ1n) is 11.9. The Morgan fingerprint density at radius 3 is 2.78 bits per heavy atom. The molecule has 4 aromatic rings. The Labute approximate surface area is 208 Å². The monoisotopic (exact) mass is 489 g/mol. The van der Waals surface area contributed by atoms with Crippen molar-refractivity contribution in [3.8, 4) is 16.9 Å². The quantitative estimate of drug-likeness (QED) is 0.323. The summed E-state index contributed by atoms with van der Waals surface area (Å²) >= 11 is 0. The van der Waals surface area contributed by atoms with Crippen LogP contribution in [0.3, 0.4) is 0 Å². The second-order valence-corrected chi connectivity index (χ2v) is 9.11. The van der Waals surface area contributed by atoms with Crippen LogP contribution in [0, 0.1) is 25.6 Å². The molecule has 3 heterocycles. The highest BCUT2D eigenvalue weighted by Gasteiger charge is 2.28. The van der Waals surface area contributed by atoms with Crippen LogP contribution in [0.2, 0.25) is 0 Å². The largest absolute Gasteiger partial charge is 0.496 e. The third-order valence-electron chi connectivity index (χ3n) is 6.83. The molecule has 5 rings (SSSR count).